The van der Waals surface area contributed by atoms with Crippen molar-refractivity contribution in [3.63, 3.8) is 0 Å². The minimum atomic E-state index is -0.317. The zero-order valence-corrected chi connectivity index (χ0v) is 6.50. The number of β-amino-alcohol motifs (C(OH)–C–C–N with tert-alkyl or cyclic N) is 1. The zero-order chi connectivity index (χ0) is 7.56. The maximum atomic E-state index is 9.25. The molecular weight excluding hydrogens is 130 g/mol. The maximum Gasteiger partial charge on any atom is 0.0973 e. The first-order valence-corrected chi connectivity index (χ1v) is 3.74. The van der Waals surface area contributed by atoms with Crippen LogP contribution in [0.5, 0.6) is 0 Å². The Hall–Kier alpha value is -0.120. The Balaban J connectivity index is 2.26. The Labute approximate surface area is 61.4 Å². The fourth-order valence-corrected chi connectivity index (χ4v) is 1.13. The van der Waals surface area contributed by atoms with Gasteiger partial charge in [-0.15, -0.1) is 0 Å². The number of rotatable bonds is 2. The van der Waals surface area contributed by atoms with Crippen molar-refractivity contribution < 1.29 is 9.84 Å². The fraction of sp³-hybridized carbons (Fsp3) is 1.00. The predicted octanol–water partition coefficient (Wildman–Crippen LogP) is -0.256. The highest BCUT2D eigenvalue weighted by Gasteiger charge is 2.25. The number of ether oxygens (including phenoxy) is 1. The summed E-state index contributed by atoms with van der Waals surface area (Å²) in [5.74, 6) is 0. The van der Waals surface area contributed by atoms with E-state index >= 15 is 0 Å². The molecule has 0 aromatic rings. The first kappa shape index (κ1) is 7.98. The third-order valence-corrected chi connectivity index (χ3v) is 1.58. The summed E-state index contributed by atoms with van der Waals surface area (Å²) >= 11 is 0. The molecule has 2 unspecified atom stereocenters. The van der Waals surface area contributed by atoms with E-state index in [2.05, 4.69) is 5.32 Å². The average Bonchev–Trinajstić information content (AvgIpc) is 2.15. The van der Waals surface area contributed by atoms with E-state index in [9.17, 15) is 5.11 Å². The van der Waals surface area contributed by atoms with Crippen LogP contribution in [0.15, 0.2) is 0 Å². The molecule has 0 saturated carbocycles. The standard InChI is InChI=1S/C7H15NO2/c1-5(2)10-7-4-8-3-6(7)9/h5-9H,3-4H2,1-2H3. The minimum absolute atomic E-state index is 0.000000000000000222. The molecule has 0 bridgehead atoms. The highest BCUT2D eigenvalue weighted by molar-refractivity contribution is 4.81. The van der Waals surface area contributed by atoms with Crippen molar-refractivity contribution in [3.05, 3.63) is 0 Å². The summed E-state index contributed by atoms with van der Waals surface area (Å²) in [6.45, 7) is 5.40. The normalized spacial score (nSPS) is 33.6. The molecule has 0 aromatic carbocycles. The van der Waals surface area contributed by atoms with E-state index in [-0.39, 0.29) is 18.3 Å². The molecule has 0 aliphatic carbocycles. The van der Waals surface area contributed by atoms with Crippen LogP contribution in [-0.4, -0.2) is 36.5 Å². The molecule has 3 heteroatoms. The number of hydrogen-bond donors (Lipinski definition) is 2. The monoisotopic (exact) mass is 145 g/mol. The fourth-order valence-electron chi connectivity index (χ4n) is 1.13. The lowest BCUT2D eigenvalue weighted by molar-refractivity contribution is -0.0388. The predicted molar refractivity (Wildman–Crippen MR) is 38.9 cm³/mol. The Kier molecular flexibility index (Phi) is 2.65. The van der Waals surface area contributed by atoms with Crippen molar-refractivity contribution in [2.75, 3.05) is 13.1 Å². The number of aliphatic hydroxyl groups excluding tert-OH is 1. The van der Waals surface area contributed by atoms with Gasteiger partial charge in [-0.2, -0.15) is 0 Å². The molecule has 1 aliphatic heterocycles. The third-order valence-electron chi connectivity index (χ3n) is 1.58. The summed E-state index contributed by atoms with van der Waals surface area (Å²) in [6.07, 6.45) is -0.109. The van der Waals surface area contributed by atoms with Gasteiger partial charge in [0, 0.05) is 13.1 Å². The molecule has 1 heterocycles. The Bertz CT molecular complexity index is 106. The second kappa shape index (κ2) is 3.32. The lowest BCUT2D eigenvalue weighted by Gasteiger charge is -2.16. The van der Waals surface area contributed by atoms with Crippen LogP contribution >= 0.6 is 0 Å². The van der Waals surface area contributed by atoms with Gasteiger partial charge in [0.2, 0.25) is 0 Å². The van der Waals surface area contributed by atoms with Gasteiger partial charge in [-0.1, -0.05) is 0 Å². The second-order valence-electron chi connectivity index (χ2n) is 2.95. The molecule has 2 atom stereocenters. The molecule has 0 radical (unpaired) electrons. The molecule has 1 fully saturated rings. The van der Waals surface area contributed by atoms with E-state index in [0.717, 1.165) is 6.54 Å². The van der Waals surface area contributed by atoms with E-state index < -0.39 is 0 Å². The summed E-state index contributed by atoms with van der Waals surface area (Å²) in [5.41, 5.74) is 0. The van der Waals surface area contributed by atoms with Crippen molar-refractivity contribution in [2.45, 2.75) is 32.2 Å². The van der Waals surface area contributed by atoms with Gasteiger partial charge in [0.1, 0.15) is 0 Å². The zero-order valence-electron chi connectivity index (χ0n) is 6.50. The molecule has 10 heavy (non-hydrogen) atoms. The SMILES string of the molecule is CC(C)OC1CNCC1O. The largest absolute Gasteiger partial charge is 0.389 e. The van der Waals surface area contributed by atoms with Crippen LogP contribution in [0.1, 0.15) is 13.8 Å². The number of nitrogens with one attached hydrogen (secondary N) is 1. The minimum Gasteiger partial charge on any atom is -0.389 e. The van der Waals surface area contributed by atoms with Gasteiger partial charge in [-0.25, -0.2) is 0 Å². The molecule has 0 amide bonds. The number of aliphatic hydroxyl groups is 1. The van der Waals surface area contributed by atoms with Gasteiger partial charge in [0.05, 0.1) is 18.3 Å². The Morgan fingerprint density at radius 1 is 1.50 bits per heavy atom. The lowest BCUT2D eigenvalue weighted by atomic mass is 10.2. The Morgan fingerprint density at radius 3 is 2.60 bits per heavy atom. The van der Waals surface area contributed by atoms with Crippen LogP contribution in [0.4, 0.5) is 0 Å². The van der Waals surface area contributed by atoms with Gasteiger partial charge in [-0.05, 0) is 13.8 Å². The van der Waals surface area contributed by atoms with E-state index in [0.29, 0.717) is 6.54 Å². The van der Waals surface area contributed by atoms with E-state index in [1.165, 1.54) is 0 Å². The topological polar surface area (TPSA) is 41.5 Å². The summed E-state index contributed by atoms with van der Waals surface area (Å²) in [6, 6.07) is 0. The van der Waals surface area contributed by atoms with Crippen LogP contribution in [0.25, 0.3) is 0 Å². The molecule has 1 rings (SSSR count). The second-order valence-corrected chi connectivity index (χ2v) is 2.95. The quantitative estimate of drug-likeness (QED) is 0.562. The summed E-state index contributed by atoms with van der Waals surface area (Å²) in [4.78, 5) is 0. The third kappa shape index (κ3) is 1.94. The molecule has 60 valence electrons. The van der Waals surface area contributed by atoms with E-state index in [1.807, 2.05) is 13.8 Å². The molecule has 1 saturated heterocycles. The molecule has 0 spiro atoms. The summed E-state index contributed by atoms with van der Waals surface area (Å²) in [7, 11) is 0. The van der Waals surface area contributed by atoms with Gasteiger partial charge in [-0.3, -0.25) is 0 Å². The molecule has 3 nitrogen and oxygen atoms in total. The van der Waals surface area contributed by atoms with Crippen LogP contribution in [-0.2, 0) is 4.74 Å². The highest BCUT2D eigenvalue weighted by atomic mass is 16.5. The van der Waals surface area contributed by atoms with Crippen molar-refractivity contribution >= 4 is 0 Å². The van der Waals surface area contributed by atoms with Gasteiger partial charge >= 0.3 is 0 Å². The smallest absolute Gasteiger partial charge is 0.0973 e. The highest BCUT2D eigenvalue weighted by Crippen LogP contribution is 2.06. The lowest BCUT2D eigenvalue weighted by Crippen LogP contribution is -2.29. The van der Waals surface area contributed by atoms with E-state index in [1.54, 1.807) is 0 Å². The van der Waals surface area contributed by atoms with Crippen LogP contribution < -0.4 is 5.32 Å². The van der Waals surface area contributed by atoms with Crippen molar-refractivity contribution in [1.29, 1.82) is 0 Å². The van der Waals surface area contributed by atoms with Gasteiger partial charge in [0.25, 0.3) is 0 Å². The van der Waals surface area contributed by atoms with Crippen LogP contribution in [0, 0.1) is 0 Å². The summed E-state index contributed by atoms with van der Waals surface area (Å²) < 4.78 is 5.41. The average molecular weight is 145 g/mol. The summed E-state index contributed by atoms with van der Waals surface area (Å²) in [5, 5.41) is 12.3. The van der Waals surface area contributed by atoms with Gasteiger partial charge in [0.15, 0.2) is 0 Å². The van der Waals surface area contributed by atoms with Crippen molar-refractivity contribution in [2.24, 2.45) is 0 Å². The van der Waals surface area contributed by atoms with E-state index in [4.69, 9.17) is 4.74 Å². The molecule has 0 aromatic heterocycles. The first-order valence-electron chi connectivity index (χ1n) is 3.74. The molecular formula is C7H15NO2. The first-order chi connectivity index (χ1) is 4.70. The molecule has 2 N–H and O–H groups in total. The van der Waals surface area contributed by atoms with Crippen molar-refractivity contribution in [1.82, 2.24) is 5.32 Å². The van der Waals surface area contributed by atoms with Crippen LogP contribution in [0.3, 0.4) is 0 Å². The maximum absolute atomic E-state index is 9.25. The van der Waals surface area contributed by atoms with Gasteiger partial charge < -0.3 is 15.2 Å². The van der Waals surface area contributed by atoms with Crippen LogP contribution in [0.2, 0.25) is 0 Å². The number of hydrogen-bond acceptors (Lipinski definition) is 3. The molecule has 1 aliphatic rings. The Morgan fingerprint density at radius 2 is 2.20 bits per heavy atom. The van der Waals surface area contributed by atoms with Crippen molar-refractivity contribution in [3.8, 4) is 0 Å².